The topological polar surface area (TPSA) is 108 Å². The number of rotatable bonds is 34. The van der Waals surface area contributed by atoms with E-state index in [1.165, 1.54) is 89.9 Å². The van der Waals surface area contributed by atoms with E-state index >= 15 is 0 Å². The van der Waals surface area contributed by atoms with Crippen molar-refractivity contribution in [1.82, 2.24) is 0 Å². The molecule has 1 N–H and O–H groups in total. The normalized spacial score (nSPS) is 12.0. The zero-order chi connectivity index (χ0) is 33.1. The molecule has 0 aliphatic carbocycles. The van der Waals surface area contributed by atoms with E-state index in [2.05, 4.69) is 57.3 Å². The lowest BCUT2D eigenvalue weighted by Gasteiger charge is -2.09. The Kier molecular flexibility index (Phi) is 32.8. The quantitative estimate of drug-likeness (QED) is 0.0239. The average Bonchev–Trinajstić information content (AvgIpc) is 3.03. The van der Waals surface area contributed by atoms with E-state index in [4.69, 9.17) is 0 Å². The van der Waals surface area contributed by atoms with Crippen molar-refractivity contribution in [1.29, 1.82) is 0 Å². The van der Waals surface area contributed by atoms with Gasteiger partial charge in [-0.2, -0.15) is 0 Å². The third kappa shape index (κ3) is 35.2. The maximum atomic E-state index is 11.8. The van der Waals surface area contributed by atoms with Crippen LogP contribution in [0.5, 0.6) is 0 Å². The molecule has 0 heterocycles. The SMILES string of the molecule is CCCCCCCC/C=C\CCCCCCCC(=O)OOP(=O)(O)OOC(=O)CCCCCCC/C=C\CCCCCCCC. The van der Waals surface area contributed by atoms with Crippen LogP contribution < -0.4 is 0 Å². The monoisotopic (exact) mass is 658 g/mol. The van der Waals surface area contributed by atoms with Crippen molar-refractivity contribution in [3.63, 3.8) is 0 Å². The Hall–Kier alpha value is -1.47. The molecule has 0 aromatic rings. The summed E-state index contributed by atoms with van der Waals surface area (Å²) in [6, 6.07) is 0. The molecule has 0 aromatic carbocycles. The Morgan fingerprint density at radius 3 is 1.04 bits per heavy atom. The first kappa shape index (κ1) is 43.5. The van der Waals surface area contributed by atoms with Gasteiger partial charge in [-0.3, -0.25) is 14.7 Å². The zero-order valence-electron chi connectivity index (χ0n) is 28.9. The number of carbonyl (C=O) groups is 2. The molecule has 9 heteroatoms. The zero-order valence-corrected chi connectivity index (χ0v) is 29.8. The predicted molar refractivity (Wildman–Crippen MR) is 183 cm³/mol. The van der Waals surface area contributed by atoms with Gasteiger partial charge in [0.2, 0.25) is 0 Å². The van der Waals surface area contributed by atoms with Gasteiger partial charge in [-0.25, -0.2) is 14.2 Å². The Labute approximate surface area is 275 Å². The maximum absolute atomic E-state index is 11.8. The number of carbonyl (C=O) groups excluding carboxylic acids is 2. The molecule has 0 aliphatic heterocycles. The third-order valence-electron chi connectivity index (χ3n) is 7.73. The molecule has 0 aliphatic rings. The Morgan fingerprint density at radius 2 is 0.733 bits per heavy atom. The van der Waals surface area contributed by atoms with Gasteiger partial charge in [-0.05, 0) is 64.2 Å². The van der Waals surface area contributed by atoms with E-state index in [0.717, 1.165) is 64.2 Å². The molecule has 0 atom stereocenters. The maximum Gasteiger partial charge on any atom is 0.544 e. The fraction of sp³-hybridized carbons (Fsp3) is 0.833. The van der Waals surface area contributed by atoms with Crippen molar-refractivity contribution in [2.75, 3.05) is 0 Å². The summed E-state index contributed by atoms with van der Waals surface area (Å²) in [4.78, 5) is 41.8. The third-order valence-corrected chi connectivity index (χ3v) is 8.26. The van der Waals surface area contributed by atoms with Crippen LogP contribution in [0.25, 0.3) is 0 Å². The van der Waals surface area contributed by atoms with Crippen molar-refractivity contribution in [3.05, 3.63) is 24.3 Å². The molecule has 0 radical (unpaired) electrons. The highest BCUT2D eigenvalue weighted by Gasteiger charge is 2.28. The van der Waals surface area contributed by atoms with Crippen LogP contribution in [0.2, 0.25) is 0 Å². The number of hydrogen-bond donors (Lipinski definition) is 1. The summed E-state index contributed by atoms with van der Waals surface area (Å²) in [6.45, 7) is 4.48. The first-order chi connectivity index (χ1) is 21.9. The highest BCUT2D eigenvalue weighted by Crippen LogP contribution is 2.43. The van der Waals surface area contributed by atoms with Crippen LogP contribution in [0.3, 0.4) is 0 Å². The van der Waals surface area contributed by atoms with Crippen molar-refractivity contribution in [3.8, 4) is 0 Å². The lowest BCUT2D eigenvalue weighted by molar-refractivity contribution is -0.260. The summed E-state index contributed by atoms with van der Waals surface area (Å²) in [7, 11) is -4.85. The minimum absolute atomic E-state index is 0.0629. The van der Waals surface area contributed by atoms with Gasteiger partial charge in [0.25, 0.3) is 0 Å². The summed E-state index contributed by atoms with van der Waals surface area (Å²) in [5.41, 5.74) is 0. The molecule has 0 bridgehead atoms. The van der Waals surface area contributed by atoms with Gasteiger partial charge in [0.05, 0.1) is 0 Å². The molecular formula is C36H67O8P. The van der Waals surface area contributed by atoms with Crippen molar-refractivity contribution < 1.29 is 38.2 Å². The van der Waals surface area contributed by atoms with Crippen LogP contribution >= 0.6 is 7.82 Å². The van der Waals surface area contributed by atoms with E-state index in [-0.39, 0.29) is 12.8 Å². The smallest absolute Gasteiger partial charge is 0.298 e. The summed E-state index contributed by atoms with van der Waals surface area (Å²) in [6.07, 6.45) is 39.0. The second-order valence-electron chi connectivity index (χ2n) is 12.2. The lowest BCUT2D eigenvalue weighted by Crippen LogP contribution is -2.08. The van der Waals surface area contributed by atoms with E-state index < -0.39 is 19.8 Å². The van der Waals surface area contributed by atoms with Gasteiger partial charge in [-0.15, -0.1) is 0 Å². The van der Waals surface area contributed by atoms with Gasteiger partial charge in [-0.1, -0.05) is 150 Å². The number of hydrogen-bond acceptors (Lipinski definition) is 7. The molecule has 8 nitrogen and oxygen atoms in total. The van der Waals surface area contributed by atoms with Gasteiger partial charge in [0.15, 0.2) is 0 Å². The Bertz CT molecular complexity index is 723. The number of allylic oxidation sites excluding steroid dienone is 4. The van der Waals surface area contributed by atoms with Crippen LogP contribution in [0.15, 0.2) is 24.3 Å². The van der Waals surface area contributed by atoms with Crippen LogP contribution in [0.1, 0.15) is 194 Å². The highest BCUT2D eigenvalue weighted by molar-refractivity contribution is 7.47. The minimum atomic E-state index is -4.85. The summed E-state index contributed by atoms with van der Waals surface area (Å²) in [5.74, 6) is -1.55. The van der Waals surface area contributed by atoms with Crippen molar-refractivity contribution >= 4 is 19.8 Å². The number of phosphoric acid groups is 1. The van der Waals surface area contributed by atoms with Gasteiger partial charge < -0.3 is 0 Å². The van der Waals surface area contributed by atoms with Gasteiger partial charge in [0.1, 0.15) is 0 Å². The molecule has 0 rings (SSSR count). The van der Waals surface area contributed by atoms with Crippen molar-refractivity contribution in [2.45, 2.75) is 194 Å². The molecule has 0 saturated heterocycles. The molecule has 0 fully saturated rings. The van der Waals surface area contributed by atoms with E-state index in [9.17, 15) is 19.0 Å². The first-order valence-corrected chi connectivity index (χ1v) is 19.8. The summed E-state index contributed by atoms with van der Waals surface area (Å²) in [5, 5.41) is 0. The first-order valence-electron chi connectivity index (χ1n) is 18.3. The molecule has 0 amide bonds. The summed E-state index contributed by atoms with van der Waals surface area (Å²) < 4.78 is 20.2. The van der Waals surface area contributed by atoms with E-state index in [0.29, 0.717) is 12.8 Å². The standard InChI is InChI=1S/C36H67O8P/c1-3-5-7-9-11-13-15-17-19-21-23-25-27-29-31-33-35(37)41-43-45(39,40)44-42-36(38)34-32-30-28-26-24-22-20-18-16-14-12-10-8-6-4-2/h17-20H,3-16,21-34H2,1-2H3,(H,39,40)/b19-17-,20-18-. The van der Waals surface area contributed by atoms with E-state index in [1.807, 2.05) is 0 Å². The summed E-state index contributed by atoms with van der Waals surface area (Å²) >= 11 is 0. The molecule has 0 saturated carbocycles. The van der Waals surface area contributed by atoms with Crippen LogP contribution in [-0.4, -0.2) is 16.8 Å². The van der Waals surface area contributed by atoms with E-state index in [1.54, 1.807) is 0 Å². The molecular weight excluding hydrogens is 591 g/mol. The second-order valence-corrected chi connectivity index (χ2v) is 13.4. The molecule has 0 aromatic heterocycles. The van der Waals surface area contributed by atoms with Crippen molar-refractivity contribution in [2.24, 2.45) is 0 Å². The van der Waals surface area contributed by atoms with Gasteiger partial charge in [0, 0.05) is 12.8 Å². The van der Waals surface area contributed by atoms with Gasteiger partial charge >= 0.3 is 19.8 Å². The van der Waals surface area contributed by atoms with Crippen LogP contribution in [0, 0.1) is 0 Å². The van der Waals surface area contributed by atoms with Crippen LogP contribution in [0.4, 0.5) is 0 Å². The average molecular weight is 659 g/mol. The highest BCUT2D eigenvalue weighted by atomic mass is 31.2. The molecule has 264 valence electrons. The fourth-order valence-electron chi connectivity index (χ4n) is 4.95. The fourth-order valence-corrected chi connectivity index (χ4v) is 5.33. The largest absolute Gasteiger partial charge is 0.544 e. The minimum Gasteiger partial charge on any atom is -0.298 e. The predicted octanol–water partition coefficient (Wildman–Crippen LogP) is 12.1. The number of unbranched alkanes of at least 4 members (excludes halogenated alkanes) is 22. The lowest BCUT2D eigenvalue weighted by atomic mass is 10.1. The Morgan fingerprint density at radius 1 is 0.467 bits per heavy atom. The Balaban J connectivity index is 3.58. The molecule has 0 spiro atoms. The molecule has 0 unspecified atom stereocenters. The molecule has 45 heavy (non-hydrogen) atoms. The second kappa shape index (κ2) is 33.9. The van der Waals surface area contributed by atoms with Crippen LogP contribution in [-0.2, 0) is 33.3 Å².